The van der Waals surface area contributed by atoms with Crippen LogP contribution in [0.15, 0.2) is 18.2 Å². The normalized spacial score (nSPS) is 17.8. The number of nitrogens with two attached hydrogens (primary N) is 1. The van der Waals surface area contributed by atoms with E-state index in [-0.39, 0.29) is 16.3 Å². The molecule has 1 aliphatic carbocycles. The number of phenols is 1. The second-order valence-corrected chi connectivity index (χ2v) is 5.92. The van der Waals surface area contributed by atoms with Gasteiger partial charge in [0, 0.05) is 6.07 Å². The number of amides is 1. The van der Waals surface area contributed by atoms with E-state index in [1.165, 1.54) is 12.1 Å². The highest BCUT2D eigenvalue weighted by Gasteiger charge is 2.36. The molecule has 1 amide bonds. The lowest BCUT2D eigenvalue weighted by Gasteiger charge is -2.33. The lowest BCUT2D eigenvalue weighted by atomic mass is 9.89. The minimum atomic E-state index is -0.765. The molecule has 21 heavy (non-hydrogen) atoms. The van der Waals surface area contributed by atoms with Gasteiger partial charge in [0.25, 0.3) is 5.91 Å². The smallest absolute Gasteiger partial charge is 0.255 e. The molecular weight excluding hydrogens is 291 g/mol. The summed E-state index contributed by atoms with van der Waals surface area (Å²) >= 11 is 5.14. The second-order valence-electron chi connectivity index (χ2n) is 5.48. The first-order valence-corrected chi connectivity index (χ1v) is 7.46. The maximum absolute atomic E-state index is 13.8. The Hall–Kier alpha value is -1.69. The van der Waals surface area contributed by atoms with Crippen LogP contribution in [0.3, 0.4) is 0 Å². The summed E-state index contributed by atoms with van der Waals surface area (Å²) in [7, 11) is 0. The van der Waals surface area contributed by atoms with Crippen LogP contribution in [0.1, 0.15) is 48.9 Å². The van der Waals surface area contributed by atoms with Crippen LogP contribution >= 0.6 is 12.2 Å². The lowest BCUT2D eigenvalue weighted by Crippen LogP contribution is -2.56. The van der Waals surface area contributed by atoms with Gasteiger partial charge in [0.1, 0.15) is 11.6 Å². The number of benzene rings is 1. The molecule has 0 saturated heterocycles. The molecule has 1 aliphatic rings. The Bertz CT molecular complexity index is 555. The van der Waals surface area contributed by atoms with Crippen molar-refractivity contribution in [3.05, 3.63) is 29.6 Å². The first-order valence-electron chi connectivity index (χ1n) is 7.05. The third-order valence-corrected chi connectivity index (χ3v) is 4.37. The average Bonchev–Trinajstić information content (AvgIpc) is 2.65. The van der Waals surface area contributed by atoms with Crippen LogP contribution in [0, 0.1) is 5.82 Å². The highest BCUT2D eigenvalue weighted by atomic mass is 32.1. The predicted molar refractivity (Wildman–Crippen MR) is 82.7 cm³/mol. The highest BCUT2D eigenvalue weighted by molar-refractivity contribution is 7.80. The minimum Gasteiger partial charge on any atom is -0.508 e. The molecule has 0 unspecified atom stereocenters. The fourth-order valence-electron chi connectivity index (χ4n) is 2.74. The number of phenolic OH excluding ortho intramolecular Hbond substituents is 1. The quantitative estimate of drug-likeness (QED) is 0.592. The molecular formula is C15H19FN2O2S. The standard InChI is InChI=1S/C15H19FN2O2S/c16-12-9-10(19)5-6-11(12)13(20)18-15(14(17)21)7-3-1-2-4-8-15/h5-6,9,19H,1-4,7-8H2,(H2,17,21)(H,18,20). The maximum Gasteiger partial charge on any atom is 0.255 e. The number of halogens is 1. The summed E-state index contributed by atoms with van der Waals surface area (Å²) in [4.78, 5) is 12.6. The van der Waals surface area contributed by atoms with Gasteiger partial charge in [-0.1, -0.05) is 37.9 Å². The van der Waals surface area contributed by atoms with Crippen molar-refractivity contribution in [2.75, 3.05) is 0 Å². The summed E-state index contributed by atoms with van der Waals surface area (Å²) in [5.74, 6) is -1.54. The van der Waals surface area contributed by atoms with Gasteiger partial charge in [0.2, 0.25) is 0 Å². The molecule has 2 rings (SSSR count). The number of carbonyl (C=O) groups is 1. The SMILES string of the molecule is NC(=S)C1(NC(=O)c2ccc(O)cc2F)CCCCCC1. The van der Waals surface area contributed by atoms with Crippen molar-refractivity contribution in [1.82, 2.24) is 5.32 Å². The first kappa shape index (κ1) is 15.7. The summed E-state index contributed by atoms with van der Waals surface area (Å²) in [6.45, 7) is 0. The third kappa shape index (κ3) is 3.50. The zero-order valence-corrected chi connectivity index (χ0v) is 12.5. The summed E-state index contributed by atoms with van der Waals surface area (Å²) in [5, 5.41) is 12.0. The van der Waals surface area contributed by atoms with E-state index in [9.17, 15) is 14.3 Å². The first-order chi connectivity index (χ1) is 9.94. The van der Waals surface area contributed by atoms with Crippen molar-refractivity contribution in [3.63, 3.8) is 0 Å². The van der Waals surface area contributed by atoms with E-state index in [2.05, 4.69) is 5.32 Å². The monoisotopic (exact) mass is 310 g/mol. The van der Waals surface area contributed by atoms with Gasteiger partial charge >= 0.3 is 0 Å². The number of thiocarbonyl (C=S) groups is 1. The lowest BCUT2D eigenvalue weighted by molar-refractivity contribution is 0.0913. The van der Waals surface area contributed by atoms with E-state index < -0.39 is 17.3 Å². The molecule has 0 radical (unpaired) electrons. The molecule has 4 nitrogen and oxygen atoms in total. The van der Waals surface area contributed by atoms with Crippen molar-refractivity contribution in [3.8, 4) is 5.75 Å². The molecule has 114 valence electrons. The van der Waals surface area contributed by atoms with Crippen LogP contribution in [-0.4, -0.2) is 21.5 Å². The van der Waals surface area contributed by atoms with E-state index in [1.807, 2.05) is 0 Å². The zero-order chi connectivity index (χ0) is 15.5. The third-order valence-electron chi connectivity index (χ3n) is 3.98. The zero-order valence-electron chi connectivity index (χ0n) is 11.7. The topological polar surface area (TPSA) is 75.3 Å². The molecule has 0 atom stereocenters. The van der Waals surface area contributed by atoms with Crippen LogP contribution in [0.2, 0.25) is 0 Å². The molecule has 1 fully saturated rings. The van der Waals surface area contributed by atoms with Gasteiger partial charge in [-0.3, -0.25) is 4.79 Å². The molecule has 0 spiro atoms. The number of carbonyl (C=O) groups excluding carboxylic acids is 1. The Kier molecular flexibility index (Phi) is 4.77. The second kappa shape index (κ2) is 6.39. The van der Waals surface area contributed by atoms with Crippen molar-refractivity contribution < 1.29 is 14.3 Å². The molecule has 0 aliphatic heterocycles. The Balaban J connectivity index is 2.24. The highest BCUT2D eigenvalue weighted by Crippen LogP contribution is 2.28. The Morgan fingerprint density at radius 3 is 2.43 bits per heavy atom. The summed E-state index contributed by atoms with van der Waals surface area (Å²) < 4.78 is 13.8. The van der Waals surface area contributed by atoms with Gasteiger partial charge in [-0.2, -0.15) is 0 Å². The van der Waals surface area contributed by atoms with Gasteiger partial charge in [-0.25, -0.2) is 4.39 Å². The number of hydrogen-bond acceptors (Lipinski definition) is 3. The van der Waals surface area contributed by atoms with Gasteiger partial charge in [-0.05, 0) is 25.0 Å². The average molecular weight is 310 g/mol. The Labute approximate surface area is 128 Å². The summed E-state index contributed by atoms with van der Waals surface area (Å²) in [6.07, 6.45) is 5.36. The molecule has 4 N–H and O–H groups in total. The fourth-order valence-corrected chi connectivity index (χ4v) is 2.99. The largest absolute Gasteiger partial charge is 0.508 e. The van der Waals surface area contributed by atoms with Gasteiger partial charge in [-0.15, -0.1) is 0 Å². The number of nitrogens with one attached hydrogen (secondary N) is 1. The molecule has 0 bridgehead atoms. The van der Waals surface area contributed by atoms with Gasteiger partial charge in [0.05, 0.1) is 16.1 Å². The molecule has 0 aromatic heterocycles. The Morgan fingerprint density at radius 2 is 1.90 bits per heavy atom. The van der Waals surface area contributed by atoms with E-state index in [0.29, 0.717) is 12.8 Å². The van der Waals surface area contributed by atoms with E-state index >= 15 is 0 Å². The van der Waals surface area contributed by atoms with Crippen molar-refractivity contribution in [2.24, 2.45) is 5.73 Å². The number of hydrogen-bond donors (Lipinski definition) is 3. The number of rotatable bonds is 3. The summed E-state index contributed by atoms with van der Waals surface area (Å²) in [5.41, 5.74) is 4.98. The summed E-state index contributed by atoms with van der Waals surface area (Å²) in [6, 6.07) is 3.44. The van der Waals surface area contributed by atoms with Crippen LogP contribution in [0.4, 0.5) is 4.39 Å². The van der Waals surface area contributed by atoms with Crippen LogP contribution in [0.5, 0.6) is 5.75 Å². The maximum atomic E-state index is 13.8. The van der Waals surface area contributed by atoms with Crippen LogP contribution in [0.25, 0.3) is 0 Å². The minimum absolute atomic E-state index is 0.118. The molecule has 1 saturated carbocycles. The molecule has 0 heterocycles. The van der Waals surface area contributed by atoms with Gasteiger partial charge < -0.3 is 16.2 Å². The van der Waals surface area contributed by atoms with E-state index in [1.54, 1.807) is 0 Å². The van der Waals surface area contributed by atoms with Crippen molar-refractivity contribution in [1.29, 1.82) is 0 Å². The Morgan fingerprint density at radius 1 is 1.29 bits per heavy atom. The van der Waals surface area contributed by atoms with Crippen LogP contribution < -0.4 is 11.1 Å². The van der Waals surface area contributed by atoms with E-state index in [4.69, 9.17) is 18.0 Å². The van der Waals surface area contributed by atoms with Crippen molar-refractivity contribution in [2.45, 2.75) is 44.1 Å². The molecule has 1 aromatic rings. The van der Waals surface area contributed by atoms with Crippen LogP contribution in [-0.2, 0) is 0 Å². The van der Waals surface area contributed by atoms with E-state index in [0.717, 1.165) is 31.7 Å². The fraction of sp³-hybridized carbons (Fsp3) is 0.467. The molecule has 6 heteroatoms. The van der Waals surface area contributed by atoms with Gasteiger partial charge in [0.15, 0.2) is 0 Å². The number of aromatic hydroxyl groups is 1. The molecule has 1 aromatic carbocycles. The van der Waals surface area contributed by atoms with Crippen molar-refractivity contribution >= 4 is 23.1 Å². The predicted octanol–water partition coefficient (Wildman–Crippen LogP) is 2.64.